The zero-order valence-electron chi connectivity index (χ0n) is 8.83. The Hall–Kier alpha value is -0.430. The highest BCUT2D eigenvalue weighted by molar-refractivity contribution is 4.93. The third-order valence-corrected chi connectivity index (χ3v) is 2.91. The summed E-state index contributed by atoms with van der Waals surface area (Å²) in [6.45, 7) is 0.781. The Morgan fingerprint density at radius 2 is 1.62 bits per heavy atom. The molecule has 16 heavy (non-hydrogen) atoms. The van der Waals surface area contributed by atoms with E-state index in [0.29, 0.717) is 13.1 Å². The summed E-state index contributed by atoms with van der Waals surface area (Å²) < 4.78 is 67.0. The van der Waals surface area contributed by atoms with Gasteiger partial charge in [-0.05, 0) is 25.9 Å². The molecule has 1 heterocycles. The smallest absolute Gasteiger partial charge is 0.378 e. The highest BCUT2D eigenvalue weighted by Crippen LogP contribution is 2.44. The number of alkyl halides is 5. The summed E-state index contributed by atoms with van der Waals surface area (Å²) in [7, 11) is 1.18. The van der Waals surface area contributed by atoms with Gasteiger partial charge in [0.05, 0.1) is 5.60 Å². The first-order chi connectivity index (χ1) is 7.22. The lowest BCUT2D eigenvalue weighted by Gasteiger charge is -2.39. The molecule has 2 nitrogen and oxygen atoms in total. The average Bonchev–Trinajstić information content (AvgIpc) is 2.17. The molecule has 1 aliphatic heterocycles. The van der Waals surface area contributed by atoms with Crippen LogP contribution in [0, 0.1) is 0 Å². The maximum Gasteiger partial charge on any atom is 0.453 e. The third-order valence-electron chi connectivity index (χ3n) is 2.91. The van der Waals surface area contributed by atoms with E-state index in [1.54, 1.807) is 0 Å². The zero-order valence-corrected chi connectivity index (χ0v) is 8.83. The van der Waals surface area contributed by atoms with Crippen molar-refractivity contribution >= 4 is 0 Å². The fourth-order valence-corrected chi connectivity index (χ4v) is 1.84. The SMILES string of the molecule is COC1(CC(F)(F)C(F)(F)F)CCNCC1. The first kappa shape index (κ1) is 13.6. The van der Waals surface area contributed by atoms with Gasteiger partial charge in [-0.1, -0.05) is 0 Å². The molecule has 0 aromatic carbocycles. The average molecular weight is 247 g/mol. The van der Waals surface area contributed by atoms with Gasteiger partial charge >= 0.3 is 12.1 Å². The molecule has 0 radical (unpaired) electrons. The molecule has 1 N–H and O–H groups in total. The summed E-state index contributed by atoms with van der Waals surface area (Å²) in [6.07, 6.45) is -6.49. The molecule has 0 unspecified atom stereocenters. The lowest BCUT2D eigenvalue weighted by Crippen LogP contribution is -2.50. The van der Waals surface area contributed by atoms with Gasteiger partial charge in [-0.2, -0.15) is 22.0 Å². The van der Waals surface area contributed by atoms with Crippen molar-refractivity contribution in [3.05, 3.63) is 0 Å². The van der Waals surface area contributed by atoms with E-state index in [9.17, 15) is 22.0 Å². The second-order valence-electron chi connectivity index (χ2n) is 4.02. The molecule has 7 heteroatoms. The van der Waals surface area contributed by atoms with Gasteiger partial charge in [0.25, 0.3) is 0 Å². The fourth-order valence-electron chi connectivity index (χ4n) is 1.84. The summed E-state index contributed by atoms with van der Waals surface area (Å²) in [5.74, 6) is -4.69. The van der Waals surface area contributed by atoms with Crippen LogP contribution in [0.15, 0.2) is 0 Å². The van der Waals surface area contributed by atoms with Gasteiger partial charge in [-0.3, -0.25) is 0 Å². The molecule has 1 fully saturated rings. The third kappa shape index (κ3) is 2.82. The Balaban J connectivity index is 2.76. The van der Waals surface area contributed by atoms with Crippen LogP contribution in [0.4, 0.5) is 22.0 Å². The number of piperidine rings is 1. The van der Waals surface area contributed by atoms with Gasteiger partial charge in [0, 0.05) is 13.5 Å². The van der Waals surface area contributed by atoms with E-state index in [-0.39, 0.29) is 12.8 Å². The predicted molar refractivity (Wildman–Crippen MR) is 47.5 cm³/mol. The van der Waals surface area contributed by atoms with Crippen LogP contribution in [0.5, 0.6) is 0 Å². The second kappa shape index (κ2) is 4.44. The molecular formula is C9H14F5NO. The number of ether oxygens (including phenoxy) is 1. The second-order valence-corrected chi connectivity index (χ2v) is 4.02. The summed E-state index contributed by atoms with van der Waals surface area (Å²) in [6, 6.07) is 0. The minimum Gasteiger partial charge on any atom is -0.378 e. The Morgan fingerprint density at radius 1 is 1.12 bits per heavy atom. The van der Waals surface area contributed by atoms with Crippen LogP contribution < -0.4 is 5.32 Å². The van der Waals surface area contributed by atoms with Crippen molar-refractivity contribution in [1.29, 1.82) is 0 Å². The number of hydrogen-bond acceptors (Lipinski definition) is 2. The standard InChI is InChI=1S/C9H14F5NO/c1-16-7(2-4-15-5-3-7)6-8(10,11)9(12,13)14/h15H,2-6H2,1H3. The molecule has 0 aromatic heterocycles. The highest BCUT2D eigenvalue weighted by Gasteiger charge is 2.60. The monoisotopic (exact) mass is 247 g/mol. The van der Waals surface area contributed by atoms with Crippen LogP contribution in [0.2, 0.25) is 0 Å². The maximum atomic E-state index is 12.9. The molecule has 1 aliphatic rings. The van der Waals surface area contributed by atoms with Crippen LogP contribution in [-0.4, -0.2) is 37.9 Å². The predicted octanol–water partition coefficient (Wildman–Crippen LogP) is 2.34. The summed E-state index contributed by atoms with van der Waals surface area (Å²) in [5, 5.41) is 2.89. The van der Waals surface area contributed by atoms with Gasteiger partial charge in [-0.15, -0.1) is 0 Å². The Kier molecular flexibility index (Phi) is 3.79. The molecule has 0 atom stereocenters. The van der Waals surface area contributed by atoms with E-state index >= 15 is 0 Å². The number of halogens is 5. The van der Waals surface area contributed by atoms with Crippen molar-refractivity contribution in [1.82, 2.24) is 5.32 Å². The van der Waals surface area contributed by atoms with Crippen molar-refractivity contribution in [3.8, 4) is 0 Å². The number of rotatable bonds is 3. The molecule has 0 aromatic rings. The van der Waals surface area contributed by atoms with Gasteiger partial charge in [-0.25, -0.2) is 0 Å². The van der Waals surface area contributed by atoms with E-state index in [4.69, 9.17) is 4.74 Å². The van der Waals surface area contributed by atoms with E-state index in [0.717, 1.165) is 0 Å². The minimum absolute atomic E-state index is 0.162. The molecule has 1 rings (SSSR count). The van der Waals surface area contributed by atoms with Crippen LogP contribution in [0.1, 0.15) is 19.3 Å². The lowest BCUT2D eigenvalue weighted by molar-refractivity contribution is -0.299. The quantitative estimate of drug-likeness (QED) is 0.773. The molecule has 0 aliphatic carbocycles. The van der Waals surface area contributed by atoms with Gasteiger partial charge in [0.2, 0.25) is 0 Å². The topological polar surface area (TPSA) is 21.3 Å². The first-order valence-corrected chi connectivity index (χ1v) is 4.93. The molecule has 1 saturated heterocycles. The Bertz CT molecular complexity index is 235. The zero-order chi connectivity index (χ0) is 12.4. The van der Waals surface area contributed by atoms with Crippen LogP contribution >= 0.6 is 0 Å². The van der Waals surface area contributed by atoms with Crippen LogP contribution in [-0.2, 0) is 4.74 Å². The van der Waals surface area contributed by atoms with E-state index < -0.39 is 24.1 Å². The maximum absolute atomic E-state index is 12.9. The lowest BCUT2D eigenvalue weighted by atomic mass is 9.86. The highest BCUT2D eigenvalue weighted by atomic mass is 19.4. The van der Waals surface area contributed by atoms with Gasteiger partial charge < -0.3 is 10.1 Å². The van der Waals surface area contributed by atoms with Gasteiger partial charge in [0.15, 0.2) is 0 Å². The molecule has 0 amide bonds. The van der Waals surface area contributed by atoms with Crippen molar-refractivity contribution < 1.29 is 26.7 Å². The molecular weight excluding hydrogens is 233 g/mol. The molecule has 0 saturated carbocycles. The van der Waals surface area contributed by atoms with E-state index in [1.165, 1.54) is 7.11 Å². The Morgan fingerprint density at radius 3 is 2.00 bits per heavy atom. The molecule has 96 valence electrons. The van der Waals surface area contributed by atoms with E-state index in [2.05, 4.69) is 5.32 Å². The number of hydrogen-bond donors (Lipinski definition) is 1. The van der Waals surface area contributed by atoms with Crippen LogP contribution in [0.3, 0.4) is 0 Å². The fraction of sp³-hybridized carbons (Fsp3) is 1.00. The summed E-state index contributed by atoms with van der Waals surface area (Å²) in [4.78, 5) is 0. The number of methoxy groups -OCH3 is 1. The van der Waals surface area contributed by atoms with Crippen molar-refractivity contribution in [2.45, 2.75) is 37.0 Å². The summed E-state index contributed by atoms with van der Waals surface area (Å²) >= 11 is 0. The van der Waals surface area contributed by atoms with Crippen molar-refractivity contribution in [3.63, 3.8) is 0 Å². The normalized spacial score (nSPS) is 22.1. The molecule has 0 spiro atoms. The first-order valence-electron chi connectivity index (χ1n) is 4.93. The van der Waals surface area contributed by atoms with Crippen molar-refractivity contribution in [2.24, 2.45) is 0 Å². The van der Waals surface area contributed by atoms with Gasteiger partial charge in [0.1, 0.15) is 0 Å². The van der Waals surface area contributed by atoms with E-state index in [1.807, 2.05) is 0 Å². The minimum atomic E-state index is -5.51. The van der Waals surface area contributed by atoms with Crippen molar-refractivity contribution in [2.75, 3.05) is 20.2 Å². The largest absolute Gasteiger partial charge is 0.453 e. The summed E-state index contributed by atoms with van der Waals surface area (Å²) in [5.41, 5.74) is -1.37. The Labute approximate surface area is 90.1 Å². The van der Waals surface area contributed by atoms with Crippen LogP contribution in [0.25, 0.3) is 0 Å². The number of nitrogens with one attached hydrogen (secondary N) is 1. The molecule has 0 bridgehead atoms.